The number of nitrogen functional groups attached to an aromatic ring is 1. The SMILES string of the molecule is Nc1cccc(C2CCOCC2)c1CCC(F)(F)F. The Balaban J connectivity index is 2.20. The average Bonchev–Trinajstić information content (AvgIpc) is 2.37. The van der Waals surface area contributed by atoms with Crippen LogP contribution in [0.1, 0.15) is 36.3 Å². The molecule has 1 aliphatic rings. The lowest BCUT2D eigenvalue weighted by Gasteiger charge is -2.25. The van der Waals surface area contributed by atoms with E-state index in [4.69, 9.17) is 10.5 Å². The van der Waals surface area contributed by atoms with Crippen molar-refractivity contribution in [2.24, 2.45) is 0 Å². The summed E-state index contributed by atoms with van der Waals surface area (Å²) in [6.45, 7) is 1.33. The van der Waals surface area contributed by atoms with Gasteiger partial charge in [-0.25, -0.2) is 0 Å². The largest absolute Gasteiger partial charge is 0.398 e. The van der Waals surface area contributed by atoms with E-state index >= 15 is 0 Å². The Hall–Kier alpha value is -1.23. The van der Waals surface area contributed by atoms with Crippen molar-refractivity contribution in [3.8, 4) is 0 Å². The zero-order valence-corrected chi connectivity index (χ0v) is 10.7. The number of halogens is 3. The minimum absolute atomic E-state index is 0.0388. The molecule has 106 valence electrons. The maximum Gasteiger partial charge on any atom is 0.389 e. The highest BCUT2D eigenvalue weighted by Gasteiger charge is 2.28. The monoisotopic (exact) mass is 273 g/mol. The van der Waals surface area contributed by atoms with Crippen LogP contribution in [0.5, 0.6) is 0 Å². The second-order valence-corrected chi connectivity index (χ2v) is 4.92. The van der Waals surface area contributed by atoms with Gasteiger partial charge in [0.05, 0.1) is 0 Å². The van der Waals surface area contributed by atoms with Crippen LogP contribution in [0.4, 0.5) is 18.9 Å². The minimum Gasteiger partial charge on any atom is -0.398 e. The Bertz CT molecular complexity index is 425. The zero-order valence-electron chi connectivity index (χ0n) is 10.7. The highest BCUT2D eigenvalue weighted by atomic mass is 19.4. The third-order valence-electron chi connectivity index (χ3n) is 3.57. The predicted octanol–water partition coefficient (Wildman–Crippen LogP) is 3.66. The molecule has 0 amide bonds. The molecule has 1 aliphatic heterocycles. The quantitative estimate of drug-likeness (QED) is 0.853. The summed E-state index contributed by atoms with van der Waals surface area (Å²) in [4.78, 5) is 0. The molecule has 5 heteroatoms. The molecule has 0 saturated carbocycles. The fourth-order valence-electron chi connectivity index (χ4n) is 2.57. The molecule has 2 N–H and O–H groups in total. The normalized spacial score (nSPS) is 17.6. The molecule has 0 unspecified atom stereocenters. The minimum atomic E-state index is -4.14. The topological polar surface area (TPSA) is 35.2 Å². The van der Waals surface area contributed by atoms with Gasteiger partial charge in [-0.3, -0.25) is 0 Å². The molecule has 1 aromatic rings. The molecule has 0 radical (unpaired) electrons. The lowest BCUT2D eigenvalue weighted by molar-refractivity contribution is -0.134. The summed E-state index contributed by atoms with van der Waals surface area (Å²) in [7, 11) is 0. The summed E-state index contributed by atoms with van der Waals surface area (Å²) in [5.41, 5.74) is 7.95. The van der Waals surface area contributed by atoms with Crippen molar-refractivity contribution >= 4 is 5.69 Å². The molecule has 2 rings (SSSR count). The van der Waals surface area contributed by atoms with Gasteiger partial charge >= 0.3 is 6.18 Å². The lowest BCUT2D eigenvalue weighted by Crippen LogP contribution is -2.17. The maximum atomic E-state index is 12.4. The molecule has 0 spiro atoms. The van der Waals surface area contributed by atoms with E-state index in [0.29, 0.717) is 24.5 Å². The molecular formula is C14H18F3NO. The first-order chi connectivity index (χ1) is 8.97. The van der Waals surface area contributed by atoms with Gasteiger partial charge in [-0.2, -0.15) is 13.2 Å². The van der Waals surface area contributed by atoms with Crippen LogP contribution >= 0.6 is 0 Å². The van der Waals surface area contributed by atoms with Gasteiger partial charge in [0.25, 0.3) is 0 Å². The van der Waals surface area contributed by atoms with E-state index in [-0.39, 0.29) is 12.3 Å². The molecule has 1 aromatic carbocycles. The summed E-state index contributed by atoms with van der Waals surface area (Å²) in [5, 5.41) is 0. The number of ether oxygens (including phenoxy) is 1. The van der Waals surface area contributed by atoms with Crippen LogP contribution in [0.25, 0.3) is 0 Å². The number of rotatable bonds is 3. The number of alkyl halides is 3. The Morgan fingerprint density at radius 1 is 1.21 bits per heavy atom. The summed E-state index contributed by atoms with van der Waals surface area (Å²) in [6, 6.07) is 5.39. The average molecular weight is 273 g/mol. The van der Waals surface area contributed by atoms with Crippen LogP contribution < -0.4 is 5.73 Å². The molecule has 0 aliphatic carbocycles. The van der Waals surface area contributed by atoms with Crippen LogP contribution in [-0.4, -0.2) is 19.4 Å². The van der Waals surface area contributed by atoms with Gasteiger partial charge in [-0.1, -0.05) is 12.1 Å². The number of nitrogens with two attached hydrogens (primary N) is 1. The van der Waals surface area contributed by atoms with Crippen molar-refractivity contribution < 1.29 is 17.9 Å². The Labute approximate surface area is 110 Å². The van der Waals surface area contributed by atoms with Gasteiger partial charge < -0.3 is 10.5 Å². The Morgan fingerprint density at radius 2 is 1.89 bits per heavy atom. The van der Waals surface area contributed by atoms with Crippen molar-refractivity contribution in [2.75, 3.05) is 18.9 Å². The third kappa shape index (κ3) is 3.86. The standard InChI is InChI=1S/C14H18F3NO/c15-14(16,17)7-4-12-11(2-1-3-13(12)18)10-5-8-19-9-6-10/h1-3,10H,4-9,18H2. The van der Waals surface area contributed by atoms with E-state index in [1.54, 1.807) is 6.07 Å². The molecule has 1 heterocycles. The van der Waals surface area contributed by atoms with Crippen molar-refractivity contribution in [3.05, 3.63) is 29.3 Å². The first-order valence-electron chi connectivity index (χ1n) is 6.49. The summed E-state index contributed by atoms with van der Waals surface area (Å²) < 4.78 is 42.5. The van der Waals surface area contributed by atoms with E-state index in [2.05, 4.69) is 0 Å². The molecule has 2 nitrogen and oxygen atoms in total. The van der Waals surface area contributed by atoms with Crippen LogP contribution in [0.15, 0.2) is 18.2 Å². The fourth-order valence-corrected chi connectivity index (χ4v) is 2.57. The number of benzene rings is 1. The van der Waals surface area contributed by atoms with Crippen molar-refractivity contribution in [1.29, 1.82) is 0 Å². The lowest BCUT2D eigenvalue weighted by atomic mass is 9.86. The second-order valence-electron chi connectivity index (χ2n) is 4.92. The highest BCUT2D eigenvalue weighted by Crippen LogP contribution is 2.34. The first kappa shape index (κ1) is 14.2. The van der Waals surface area contributed by atoms with E-state index in [0.717, 1.165) is 18.4 Å². The molecule has 0 atom stereocenters. The highest BCUT2D eigenvalue weighted by molar-refractivity contribution is 5.52. The van der Waals surface area contributed by atoms with E-state index in [1.165, 1.54) is 0 Å². The van der Waals surface area contributed by atoms with E-state index in [1.807, 2.05) is 12.1 Å². The number of hydrogen-bond donors (Lipinski definition) is 1. The summed E-state index contributed by atoms with van der Waals surface area (Å²) in [6.07, 6.45) is -3.31. The fraction of sp³-hybridized carbons (Fsp3) is 0.571. The maximum absolute atomic E-state index is 12.4. The Kier molecular flexibility index (Phi) is 4.34. The van der Waals surface area contributed by atoms with E-state index < -0.39 is 12.6 Å². The Morgan fingerprint density at radius 3 is 2.53 bits per heavy atom. The zero-order chi connectivity index (χ0) is 13.9. The van der Waals surface area contributed by atoms with Crippen molar-refractivity contribution in [2.45, 2.75) is 37.8 Å². The molecule has 0 aromatic heterocycles. The second kappa shape index (κ2) is 5.82. The summed E-state index contributed by atoms with van der Waals surface area (Å²) in [5.74, 6) is 0.264. The summed E-state index contributed by atoms with van der Waals surface area (Å²) >= 11 is 0. The molecule has 19 heavy (non-hydrogen) atoms. The smallest absolute Gasteiger partial charge is 0.389 e. The van der Waals surface area contributed by atoms with Gasteiger partial charge in [0.2, 0.25) is 0 Å². The van der Waals surface area contributed by atoms with Gasteiger partial charge in [0, 0.05) is 25.3 Å². The van der Waals surface area contributed by atoms with Crippen LogP contribution in [0.3, 0.4) is 0 Å². The molecule has 1 fully saturated rings. The van der Waals surface area contributed by atoms with Crippen molar-refractivity contribution in [3.63, 3.8) is 0 Å². The first-order valence-corrected chi connectivity index (χ1v) is 6.49. The third-order valence-corrected chi connectivity index (χ3v) is 3.57. The van der Waals surface area contributed by atoms with Crippen LogP contribution in [0, 0.1) is 0 Å². The van der Waals surface area contributed by atoms with Gasteiger partial charge in [0.1, 0.15) is 0 Å². The predicted molar refractivity (Wildman–Crippen MR) is 68.0 cm³/mol. The van der Waals surface area contributed by atoms with Gasteiger partial charge in [-0.05, 0) is 42.4 Å². The molecule has 1 saturated heterocycles. The van der Waals surface area contributed by atoms with Crippen LogP contribution in [0.2, 0.25) is 0 Å². The number of hydrogen-bond acceptors (Lipinski definition) is 2. The van der Waals surface area contributed by atoms with Gasteiger partial charge in [0.15, 0.2) is 0 Å². The van der Waals surface area contributed by atoms with E-state index in [9.17, 15) is 13.2 Å². The van der Waals surface area contributed by atoms with Crippen LogP contribution in [-0.2, 0) is 11.2 Å². The molecule has 0 bridgehead atoms. The van der Waals surface area contributed by atoms with Crippen molar-refractivity contribution in [1.82, 2.24) is 0 Å². The molecular weight excluding hydrogens is 255 g/mol. The van der Waals surface area contributed by atoms with Gasteiger partial charge in [-0.15, -0.1) is 0 Å². The number of anilines is 1.